The highest BCUT2D eigenvalue weighted by Crippen LogP contribution is 2.29. The number of ether oxygens (including phenoxy) is 3. The van der Waals surface area contributed by atoms with Gasteiger partial charge in [-0.05, 0) is 40.2 Å². The van der Waals surface area contributed by atoms with Crippen LogP contribution in [0.3, 0.4) is 0 Å². The SMILES string of the molecule is CC1CN(c2ccc([N+](=O)[O-])c(OCCCNC(=O)OC(C)(C)C)n2)CCN1C1COC1. The lowest BCUT2D eigenvalue weighted by atomic mass is 10.1. The molecule has 2 aliphatic heterocycles. The van der Waals surface area contributed by atoms with Crippen LogP contribution in [0, 0.1) is 10.1 Å². The number of pyridine rings is 1. The maximum Gasteiger partial charge on any atom is 0.407 e. The molecule has 1 amide bonds. The van der Waals surface area contributed by atoms with Crippen molar-refractivity contribution in [1.82, 2.24) is 15.2 Å². The summed E-state index contributed by atoms with van der Waals surface area (Å²) in [4.78, 5) is 31.6. The van der Waals surface area contributed by atoms with Crippen molar-refractivity contribution in [1.29, 1.82) is 0 Å². The molecule has 0 spiro atoms. The fraction of sp³-hybridized carbons (Fsp3) is 0.714. The number of piperazine rings is 1. The third-order valence-corrected chi connectivity index (χ3v) is 5.34. The summed E-state index contributed by atoms with van der Waals surface area (Å²) in [6.45, 7) is 12.0. The highest BCUT2D eigenvalue weighted by atomic mass is 16.6. The molecule has 3 rings (SSSR count). The molecule has 178 valence electrons. The quantitative estimate of drug-likeness (QED) is 0.360. The van der Waals surface area contributed by atoms with Gasteiger partial charge in [-0.1, -0.05) is 0 Å². The molecule has 1 aromatic rings. The van der Waals surface area contributed by atoms with E-state index in [1.807, 2.05) is 0 Å². The summed E-state index contributed by atoms with van der Waals surface area (Å²) in [6, 6.07) is 3.92. The molecule has 2 aliphatic rings. The topological polar surface area (TPSA) is 119 Å². The zero-order valence-electron chi connectivity index (χ0n) is 19.2. The average Bonchev–Trinajstić information content (AvgIpc) is 2.66. The van der Waals surface area contributed by atoms with Gasteiger partial charge < -0.3 is 24.4 Å². The van der Waals surface area contributed by atoms with E-state index in [0.29, 0.717) is 30.9 Å². The molecule has 0 aliphatic carbocycles. The Kier molecular flexibility index (Phi) is 7.73. The van der Waals surface area contributed by atoms with Gasteiger partial charge in [0.05, 0.1) is 30.8 Å². The Morgan fingerprint density at radius 1 is 1.34 bits per heavy atom. The van der Waals surface area contributed by atoms with E-state index >= 15 is 0 Å². The average molecular weight is 452 g/mol. The van der Waals surface area contributed by atoms with Gasteiger partial charge in [0, 0.05) is 38.3 Å². The maximum atomic E-state index is 11.7. The van der Waals surface area contributed by atoms with Crippen LogP contribution in [0.25, 0.3) is 0 Å². The molecule has 0 bridgehead atoms. The van der Waals surface area contributed by atoms with Gasteiger partial charge in [-0.3, -0.25) is 15.0 Å². The number of carbonyl (C=O) groups excluding carboxylic acids is 1. The molecular formula is C21H33N5O6. The molecule has 1 aromatic heterocycles. The highest BCUT2D eigenvalue weighted by molar-refractivity contribution is 5.67. The summed E-state index contributed by atoms with van der Waals surface area (Å²) in [5, 5.41) is 14.0. The number of hydrogen-bond acceptors (Lipinski definition) is 9. The molecule has 3 heterocycles. The van der Waals surface area contributed by atoms with E-state index in [9.17, 15) is 14.9 Å². The van der Waals surface area contributed by atoms with Crippen LogP contribution in [0.15, 0.2) is 12.1 Å². The van der Waals surface area contributed by atoms with Crippen molar-refractivity contribution < 1.29 is 23.9 Å². The molecular weight excluding hydrogens is 418 g/mol. The number of nitro groups is 1. The molecule has 0 saturated carbocycles. The molecule has 2 fully saturated rings. The second-order valence-electron chi connectivity index (χ2n) is 9.11. The first-order valence-electron chi connectivity index (χ1n) is 11.0. The lowest BCUT2D eigenvalue weighted by Gasteiger charge is -2.46. The van der Waals surface area contributed by atoms with Crippen LogP contribution in [0.4, 0.5) is 16.3 Å². The third-order valence-electron chi connectivity index (χ3n) is 5.34. The molecule has 11 nitrogen and oxygen atoms in total. The number of hydrogen-bond donors (Lipinski definition) is 1. The van der Waals surface area contributed by atoms with Gasteiger partial charge in [-0.15, -0.1) is 0 Å². The van der Waals surface area contributed by atoms with Crippen molar-refractivity contribution in [3.05, 3.63) is 22.2 Å². The number of alkyl carbamates (subject to hydrolysis) is 1. The number of rotatable bonds is 8. The van der Waals surface area contributed by atoms with E-state index in [1.54, 1.807) is 26.8 Å². The van der Waals surface area contributed by atoms with E-state index < -0.39 is 16.6 Å². The van der Waals surface area contributed by atoms with Crippen LogP contribution in [-0.4, -0.2) is 84.6 Å². The first-order valence-corrected chi connectivity index (χ1v) is 11.0. The van der Waals surface area contributed by atoms with Gasteiger partial charge in [0.1, 0.15) is 11.4 Å². The second-order valence-corrected chi connectivity index (χ2v) is 9.11. The lowest BCUT2D eigenvalue weighted by molar-refractivity contribution is -0.386. The van der Waals surface area contributed by atoms with Gasteiger partial charge in [0.15, 0.2) is 0 Å². The van der Waals surface area contributed by atoms with E-state index in [-0.39, 0.29) is 18.2 Å². The van der Waals surface area contributed by atoms with Crippen molar-refractivity contribution in [2.45, 2.75) is 51.8 Å². The largest absolute Gasteiger partial charge is 0.473 e. The normalized spacial score (nSPS) is 19.9. The van der Waals surface area contributed by atoms with Crippen molar-refractivity contribution in [2.75, 3.05) is 50.9 Å². The molecule has 1 unspecified atom stereocenters. The Balaban J connectivity index is 1.54. The molecule has 1 atom stereocenters. The maximum absolute atomic E-state index is 11.7. The number of amides is 1. The minimum absolute atomic E-state index is 0.00718. The summed E-state index contributed by atoms with van der Waals surface area (Å²) in [5.74, 6) is 0.654. The second kappa shape index (κ2) is 10.3. The van der Waals surface area contributed by atoms with Gasteiger partial charge in [-0.2, -0.15) is 4.98 Å². The smallest absolute Gasteiger partial charge is 0.407 e. The summed E-state index contributed by atoms with van der Waals surface area (Å²) in [6.07, 6.45) is -0.0492. The fourth-order valence-electron chi connectivity index (χ4n) is 3.73. The van der Waals surface area contributed by atoms with E-state index in [2.05, 4.69) is 27.0 Å². The van der Waals surface area contributed by atoms with Crippen molar-refractivity contribution in [2.24, 2.45) is 0 Å². The summed E-state index contributed by atoms with van der Waals surface area (Å²) in [5.41, 5.74) is -0.743. The van der Waals surface area contributed by atoms with Gasteiger partial charge >= 0.3 is 11.8 Å². The zero-order valence-corrected chi connectivity index (χ0v) is 19.2. The Morgan fingerprint density at radius 2 is 2.09 bits per heavy atom. The van der Waals surface area contributed by atoms with Crippen LogP contribution in [-0.2, 0) is 9.47 Å². The third kappa shape index (κ3) is 6.42. The van der Waals surface area contributed by atoms with Crippen LogP contribution in [0.2, 0.25) is 0 Å². The monoisotopic (exact) mass is 451 g/mol. The van der Waals surface area contributed by atoms with Crippen molar-refractivity contribution >= 4 is 17.6 Å². The predicted molar refractivity (Wildman–Crippen MR) is 118 cm³/mol. The summed E-state index contributed by atoms with van der Waals surface area (Å²) < 4.78 is 16.1. The first-order chi connectivity index (χ1) is 15.1. The highest BCUT2D eigenvalue weighted by Gasteiger charge is 2.34. The molecule has 32 heavy (non-hydrogen) atoms. The fourth-order valence-corrected chi connectivity index (χ4v) is 3.73. The van der Waals surface area contributed by atoms with E-state index in [1.165, 1.54) is 6.07 Å². The Hall–Kier alpha value is -2.66. The number of nitrogens with zero attached hydrogens (tertiary/aromatic N) is 4. The minimum atomic E-state index is -0.569. The van der Waals surface area contributed by atoms with E-state index in [0.717, 1.165) is 32.8 Å². The predicted octanol–water partition coefficient (Wildman–Crippen LogP) is 2.19. The summed E-state index contributed by atoms with van der Waals surface area (Å²) >= 11 is 0. The minimum Gasteiger partial charge on any atom is -0.473 e. The van der Waals surface area contributed by atoms with Crippen LogP contribution >= 0.6 is 0 Å². The molecule has 0 radical (unpaired) electrons. The van der Waals surface area contributed by atoms with Crippen LogP contribution in [0.1, 0.15) is 34.1 Å². The van der Waals surface area contributed by atoms with Crippen LogP contribution in [0.5, 0.6) is 5.88 Å². The Labute approximate surface area is 188 Å². The lowest BCUT2D eigenvalue weighted by Crippen LogP contribution is -2.60. The van der Waals surface area contributed by atoms with Gasteiger partial charge in [0.25, 0.3) is 5.88 Å². The molecule has 11 heteroatoms. The molecule has 0 aromatic carbocycles. The van der Waals surface area contributed by atoms with Crippen molar-refractivity contribution in [3.63, 3.8) is 0 Å². The van der Waals surface area contributed by atoms with Crippen molar-refractivity contribution in [3.8, 4) is 5.88 Å². The van der Waals surface area contributed by atoms with Gasteiger partial charge in [0.2, 0.25) is 0 Å². The van der Waals surface area contributed by atoms with E-state index in [4.69, 9.17) is 14.2 Å². The molecule has 2 saturated heterocycles. The number of aromatic nitrogens is 1. The van der Waals surface area contributed by atoms with Crippen LogP contribution < -0.4 is 15.0 Å². The standard InChI is InChI=1S/C21H33N5O6/c1-15-12-24(9-10-25(15)16-13-30-14-16)18-7-6-17(26(28)29)19(23-18)31-11-5-8-22-20(27)32-21(2,3)4/h6-7,15-16H,5,8-14H2,1-4H3,(H,22,27). The number of carbonyl (C=O) groups is 1. The Bertz CT molecular complexity index is 810. The summed E-state index contributed by atoms with van der Waals surface area (Å²) in [7, 11) is 0. The Morgan fingerprint density at radius 3 is 2.69 bits per heavy atom. The van der Waals surface area contributed by atoms with Gasteiger partial charge in [-0.25, -0.2) is 4.79 Å². The number of anilines is 1. The first kappa shape index (κ1) is 24.0. The zero-order chi connectivity index (χ0) is 23.3. The molecule has 1 N–H and O–H groups in total. The number of nitrogens with one attached hydrogen (secondary N) is 1.